The zero-order valence-corrected chi connectivity index (χ0v) is 14.1. The van der Waals surface area contributed by atoms with Crippen LogP contribution in [-0.2, 0) is 13.6 Å². The lowest BCUT2D eigenvalue weighted by Crippen LogP contribution is -2.25. The van der Waals surface area contributed by atoms with Crippen molar-refractivity contribution in [3.8, 4) is 5.88 Å². The Morgan fingerprint density at radius 1 is 1.33 bits per heavy atom. The number of hydrogen-bond acceptors (Lipinski definition) is 6. The third kappa shape index (κ3) is 2.68. The van der Waals surface area contributed by atoms with Crippen LogP contribution in [0.25, 0.3) is 5.65 Å². The zero-order chi connectivity index (χ0) is 17.3. The van der Waals surface area contributed by atoms with Crippen LogP contribution in [0.3, 0.4) is 0 Å². The fourth-order valence-corrected chi connectivity index (χ4v) is 2.56. The molecule has 3 aromatic rings. The van der Waals surface area contributed by atoms with E-state index in [0.29, 0.717) is 35.2 Å². The Morgan fingerprint density at radius 2 is 2.12 bits per heavy atom. The van der Waals surface area contributed by atoms with E-state index >= 15 is 0 Å². The number of aromatic nitrogens is 6. The van der Waals surface area contributed by atoms with E-state index in [-0.39, 0.29) is 12.5 Å². The van der Waals surface area contributed by atoms with Gasteiger partial charge in [-0.1, -0.05) is 0 Å². The minimum Gasteiger partial charge on any atom is -0.475 e. The topological polar surface area (TPSA) is 99.2 Å². The van der Waals surface area contributed by atoms with Crippen LogP contribution in [0.4, 0.5) is 0 Å². The molecular weight excluding hydrogens is 310 g/mol. The molecular formula is C15H19N7O2. The van der Waals surface area contributed by atoms with E-state index in [1.54, 1.807) is 21.5 Å². The Balaban J connectivity index is 1.81. The number of fused-ring (bicyclic) bond motifs is 1. The highest BCUT2D eigenvalue weighted by Crippen LogP contribution is 2.15. The molecule has 0 aromatic carbocycles. The van der Waals surface area contributed by atoms with Gasteiger partial charge >= 0.3 is 0 Å². The molecule has 24 heavy (non-hydrogen) atoms. The summed E-state index contributed by atoms with van der Waals surface area (Å²) in [4.78, 5) is 16.6. The SMILES string of the molecule is CCOc1nccn2c(CNC(=O)c3c(C)nn(C)c3C)nnc12. The maximum atomic E-state index is 12.4. The summed E-state index contributed by atoms with van der Waals surface area (Å²) in [7, 11) is 1.81. The van der Waals surface area contributed by atoms with E-state index in [0.717, 1.165) is 5.69 Å². The molecule has 9 nitrogen and oxygen atoms in total. The largest absolute Gasteiger partial charge is 0.475 e. The zero-order valence-electron chi connectivity index (χ0n) is 14.1. The van der Waals surface area contributed by atoms with Gasteiger partial charge in [0, 0.05) is 25.1 Å². The van der Waals surface area contributed by atoms with Gasteiger partial charge in [0.2, 0.25) is 5.65 Å². The van der Waals surface area contributed by atoms with Gasteiger partial charge in [-0.3, -0.25) is 13.9 Å². The molecule has 1 amide bonds. The Hall–Kier alpha value is -2.97. The van der Waals surface area contributed by atoms with Gasteiger partial charge in [0.1, 0.15) is 0 Å². The van der Waals surface area contributed by atoms with E-state index in [4.69, 9.17) is 4.74 Å². The molecule has 0 aliphatic carbocycles. The second kappa shape index (κ2) is 6.26. The molecule has 3 heterocycles. The minimum atomic E-state index is -0.186. The van der Waals surface area contributed by atoms with Crippen molar-refractivity contribution >= 4 is 11.6 Å². The molecule has 9 heteroatoms. The predicted molar refractivity (Wildman–Crippen MR) is 85.8 cm³/mol. The van der Waals surface area contributed by atoms with Gasteiger partial charge in [-0.05, 0) is 20.8 Å². The quantitative estimate of drug-likeness (QED) is 0.743. The molecule has 0 aliphatic heterocycles. The molecule has 126 valence electrons. The van der Waals surface area contributed by atoms with E-state index in [1.165, 1.54) is 0 Å². The molecule has 0 unspecified atom stereocenters. The molecule has 0 saturated carbocycles. The van der Waals surface area contributed by atoms with Crippen molar-refractivity contribution in [3.63, 3.8) is 0 Å². The van der Waals surface area contributed by atoms with Crippen molar-refractivity contribution in [2.45, 2.75) is 27.3 Å². The number of nitrogens with zero attached hydrogens (tertiary/aromatic N) is 6. The highest BCUT2D eigenvalue weighted by atomic mass is 16.5. The first kappa shape index (κ1) is 15.9. The third-order valence-electron chi connectivity index (χ3n) is 3.79. The van der Waals surface area contributed by atoms with Crippen molar-refractivity contribution in [2.75, 3.05) is 6.61 Å². The van der Waals surface area contributed by atoms with Crippen molar-refractivity contribution in [3.05, 3.63) is 35.2 Å². The number of carbonyl (C=O) groups excluding carboxylic acids is 1. The van der Waals surface area contributed by atoms with Crippen molar-refractivity contribution in [1.82, 2.24) is 34.7 Å². The van der Waals surface area contributed by atoms with E-state index in [1.807, 2.05) is 27.8 Å². The molecule has 0 radical (unpaired) electrons. The van der Waals surface area contributed by atoms with Crippen LogP contribution in [0.5, 0.6) is 5.88 Å². The molecule has 3 rings (SSSR count). The molecule has 0 atom stereocenters. The van der Waals surface area contributed by atoms with Gasteiger partial charge in [-0.25, -0.2) is 4.98 Å². The lowest BCUT2D eigenvalue weighted by molar-refractivity contribution is 0.0948. The predicted octanol–water partition coefficient (Wildman–Crippen LogP) is 0.803. The first-order valence-electron chi connectivity index (χ1n) is 7.62. The van der Waals surface area contributed by atoms with Gasteiger partial charge in [0.05, 0.1) is 24.4 Å². The van der Waals surface area contributed by atoms with Crippen LogP contribution in [0, 0.1) is 13.8 Å². The monoisotopic (exact) mass is 329 g/mol. The number of hydrogen-bond donors (Lipinski definition) is 1. The minimum absolute atomic E-state index is 0.186. The highest BCUT2D eigenvalue weighted by molar-refractivity contribution is 5.96. The summed E-state index contributed by atoms with van der Waals surface area (Å²) in [5.74, 6) is 0.832. The highest BCUT2D eigenvalue weighted by Gasteiger charge is 2.18. The third-order valence-corrected chi connectivity index (χ3v) is 3.79. The number of ether oxygens (including phenoxy) is 1. The molecule has 0 aliphatic rings. The number of aryl methyl sites for hydroxylation is 2. The lowest BCUT2D eigenvalue weighted by atomic mass is 10.2. The molecule has 1 N–H and O–H groups in total. The Bertz CT molecular complexity index is 897. The smallest absolute Gasteiger partial charge is 0.260 e. The van der Waals surface area contributed by atoms with Gasteiger partial charge in [-0.15, -0.1) is 10.2 Å². The normalized spacial score (nSPS) is 11.0. The molecule has 0 spiro atoms. The summed E-state index contributed by atoms with van der Waals surface area (Å²) in [6, 6.07) is 0. The fourth-order valence-electron chi connectivity index (χ4n) is 2.56. The van der Waals surface area contributed by atoms with Crippen LogP contribution in [0.2, 0.25) is 0 Å². The van der Waals surface area contributed by atoms with Crippen LogP contribution < -0.4 is 10.1 Å². The maximum absolute atomic E-state index is 12.4. The van der Waals surface area contributed by atoms with Gasteiger partial charge in [0.25, 0.3) is 11.8 Å². The summed E-state index contributed by atoms with van der Waals surface area (Å²) in [5.41, 5.74) is 2.63. The standard InChI is InChI=1S/C15H19N7O2/c1-5-24-15-13-19-18-11(22(13)7-6-16-15)8-17-14(23)12-9(2)20-21(4)10(12)3/h6-7H,5,8H2,1-4H3,(H,17,23). The first-order valence-corrected chi connectivity index (χ1v) is 7.62. The van der Waals surface area contributed by atoms with Crippen LogP contribution in [-0.4, -0.2) is 41.9 Å². The van der Waals surface area contributed by atoms with Crippen molar-refractivity contribution in [1.29, 1.82) is 0 Å². The molecule has 3 aromatic heterocycles. The van der Waals surface area contributed by atoms with Crippen molar-refractivity contribution in [2.24, 2.45) is 7.05 Å². The van der Waals surface area contributed by atoms with E-state index in [2.05, 4.69) is 25.6 Å². The summed E-state index contributed by atoms with van der Waals surface area (Å²) in [6.45, 7) is 6.28. The Labute approximate surface area is 138 Å². The van der Waals surface area contributed by atoms with Crippen LogP contribution >= 0.6 is 0 Å². The summed E-state index contributed by atoms with van der Waals surface area (Å²) in [5, 5.41) is 15.3. The molecule has 0 bridgehead atoms. The summed E-state index contributed by atoms with van der Waals surface area (Å²) in [6.07, 6.45) is 3.35. The first-order chi connectivity index (χ1) is 11.5. The number of nitrogens with one attached hydrogen (secondary N) is 1. The maximum Gasteiger partial charge on any atom is 0.260 e. The van der Waals surface area contributed by atoms with E-state index in [9.17, 15) is 4.79 Å². The second-order valence-electron chi connectivity index (χ2n) is 5.33. The Kier molecular flexibility index (Phi) is 4.15. The number of amides is 1. The van der Waals surface area contributed by atoms with Crippen LogP contribution in [0.15, 0.2) is 12.4 Å². The second-order valence-corrected chi connectivity index (χ2v) is 5.33. The van der Waals surface area contributed by atoms with Gasteiger partial charge < -0.3 is 10.1 Å². The van der Waals surface area contributed by atoms with Crippen molar-refractivity contribution < 1.29 is 9.53 Å². The summed E-state index contributed by atoms with van der Waals surface area (Å²) >= 11 is 0. The van der Waals surface area contributed by atoms with Gasteiger partial charge in [0.15, 0.2) is 5.82 Å². The number of rotatable bonds is 5. The molecule has 0 saturated heterocycles. The Morgan fingerprint density at radius 3 is 2.79 bits per heavy atom. The lowest BCUT2D eigenvalue weighted by Gasteiger charge is -2.06. The van der Waals surface area contributed by atoms with Gasteiger partial charge in [-0.2, -0.15) is 5.10 Å². The average Bonchev–Trinajstić information content (AvgIpc) is 3.07. The van der Waals surface area contributed by atoms with Crippen LogP contribution in [0.1, 0.15) is 34.5 Å². The fraction of sp³-hybridized carbons (Fsp3) is 0.400. The summed E-state index contributed by atoms with van der Waals surface area (Å²) < 4.78 is 8.87. The molecule has 0 fully saturated rings. The average molecular weight is 329 g/mol. The number of carbonyl (C=O) groups is 1. The van der Waals surface area contributed by atoms with E-state index < -0.39 is 0 Å².